The first-order chi connectivity index (χ1) is 16.4. The molecule has 1 fully saturated rings. The summed E-state index contributed by atoms with van der Waals surface area (Å²) in [5, 5.41) is 5.61. The van der Waals surface area contributed by atoms with Crippen molar-refractivity contribution in [2.45, 2.75) is 0 Å². The predicted molar refractivity (Wildman–Crippen MR) is 135 cm³/mol. The fourth-order valence-corrected chi connectivity index (χ4v) is 3.71. The van der Waals surface area contributed by atoms with Crippen molar-refractivity contribution in [1.82, 2.24) is 5.32 Å². The summed E-state index contributed by atoms with van der Waals surface area (Å²) in [7, 11) is 0. The molecule has 0 spiro atoms. The molecular formula is C25H18ClN3O4S. The Hall–Kier alpha value is -4.01. The molecule has 2 N–H and O–H groups in total. The van der Waals surface area contributed by atoms with Gasteiger partial charge < -0.3 is 10.1 Å². The zero-order valence-corrected chi connectivity index (χ0v) is 19.2. The molecule has 1 heterocycles. The molecule has 170 valence electrons. The highest BCUT2D eigenvalue weighted by molar-refractivity contribution is 7.80. The van der Waals surface area contributed by atoms with Crippen molar-refractivity contribution < 1.29 is 19.1 Å². The first-order valence-corrected chi connectivity index (χ1v) is 10.9. The highest BCUT2D eigenvalue weighted by atomic mass is 35.5. The molecule has 9 heteroatoms. The number of hydrogen-bond donors (Lipinski definition) is 2. The lowest BCUT2D eigenvalue weighted by atomic mass is 10.1. The van der Waals surface area contributed by atoms with Gasteiger partial charge in [-0.15, -0.1) is 0 Å². The smallest absolute Gasteiger partial charge is 0.270 e. The summed E-state index contributed by atoms with van der Waals surface area (Å²) in [5.41, 5.74) is 1.36. The fraction of sp³-hybridized carbons (Fsp3) is 0.0400. The van der Waals surface area contributed by atoms with Crippen molar-refractivity contribution in [2.24, 2.45) is 0 Å². The van der Waals surface area contributed by atoms with E-state index in [0.29, 0.717) is 22.0 Å². The Bertz CT molecular complexity index is 1300. The van der Waals surface area contributed by atoms with E-state index in [1.54, 1.807) is 72.8 Å². The lowest BCUT2D eigenvalue weighted by Crippen LogP contribution is -2.54. The molecule has 1 aliphatic rings. The van der Waals surface area contributed by atoms with E-state index in [0.717, 1.165) is 0 Å². The number of para-hydroxylation sites is 2. The molecule has 0 radical (unpaired) electrons. The Balaban J connectivity index is 1.58. The van der Waals surface area contributed by atoms with E-state index in [2.05, 4.69) is 10.6 Å². The van der Waals surface area contributed by atoms with Crippen molar-refractivity contribution in [2.75, 3.05) is 16.8 Å². The summed E-state index contributed by atoms with van der Waals surface area (Å²) in [6.45, 7) is -0.285. The minimum absolute atomic E-state index is 0.0153. The third-order valence-electron chi connectivity index (χ3n) is 4.80. The van der Waals surface area contributed by atoms with Gasteiger partial charge in [-0.05, 0) is 60.8 Å². The largest absolute Gasteiger partial charge is 0.483 e. The van der Waals surface area contributed by atoms with E-state index in [4.69, 9.17) is 28.6 Å². The molecule has 1 aliphatic heterocycles. The van der Waals surface area contributed by atoms with Crippen LogP contribution in [0.4, 0.5) is 11.4 Å². The van der Waals surface area contributed by atoms with Crippen LogP contribution in [0.2, 0.25) is 5.02 Å². The molecule has 0 saturated carbocycles. The van der Waals surface area contributed by atoms with E-state index in [1.165, 1.54) is 11.0 Å². The maximum absolute atomic E-state index is 13.2. The van der Waals surface area contributed by atoms with Gasteiger partial charge in [-0.1, -0.05) is 48.0 Å². The van der Waals surface area contributed by atoms with E-state index in [1.807, 2.05) is 6.07 Å². The second kappa shape index (κ2) is 10.3. The number of nitrogens with one attached hydrogen (secondary N) is 2. The number of carbonyl (C=O) groups excluding carboxylic acids is 3. The van der Waals surface area contributed by atoms with Crippen LogP contribution in [0.3, 0.4) is 0 Å². The third kappa shape index (κ3) is 5.31. The average molecular weight is 492 g/mol. The van der Waals surface area contributed by atoms with Gasteiger partial charge in [0.05, 0.1) is 5.69 Å². The molecule has 0 unspecified atom stereocenters. The lowest BCUT2D eigenvalue weighted by Gasteiger charge is -2.29. The highest BCUT2D eigenvalue weighted by Gasteiger charge is 2.34. The van der Waals surface area contributed by atoms with Gasteiger partial charge in [-0.2, -0.15) is 0 Å². The Morgan fingerprint density at radius 2 is 1.71 bits per heavy atom. The highest BCUT2D eigenvalue weighted by Crippen LogP contribution is 2.28. The van der Waals surface area contributed by atoms with Crippen molar-refractivity contribution >= 4 is 64.1 Å². The maximum atomic E-state index is 13.2. The SMILES string of the molecule is O=C(COc1ccc(Cl)cc1/C=C1/C(=O)NC(=S)N(c2ccccc2)C1=O)Nc1ccccc1. The molecule has 0 atom stereocenters. The van der Waals surface area contributed by atoms with Crippen LogP contribution < -0.4 is 20.3 Å². The first kappa shape index (κ1) is 23.2. The second-order valence-corrected chi connectivity index (χ2v) is 8.00. The number of carbonyl (C=O) groups is 3. The van der Waals surface area contributed by atoms with E-state index < -0.39 is 11.8 Å². The van der Waals surface area contributed by atoms with Crippen molar-refractivity contribution in [3.8, 4) is 5.75 Å². The molecule has 3 aromatic carbocycles. The summed E-state index contributed by atoms with van der Waals surface area (Å²) in [4.78, 5) is 39.3. The van der Waals surface area contributed by atoms with Crippen molar-refractivity contribution in [3.63, 3.8) is 0 Å². The van der Waals surface area contributed by atoms with Gasteiger partial charge in [-0.25, -0.2) is 0 Å². The number of nitrogens with zero attached hydrogens (tertiary/aromatic N) is 1. The quantitative estimate of drug-likeness (QED) is 0.307. The van der Waals surface area contributed by atoms with Gasteiger partial charge in [0.25, 0.3) is 17.7 Å². The van der Waals surface area contributed by atoms with Gasteiger partial charge in [0, 0.05) is 16.3 Å². The number of halogens is 1. The molecular weight excluding hydrogens is 474 g/mol. The van der Waals surface area contributed by atoms with E-state index >= 15 is 0 Å². The molecule has 3 amide bonds. The summed E-state index contributed by atoms with van der Waals surface area (Å²) >= 11 is 11.4. The summed E-state index contributed by atoms with van der Waals surface area (Å²) < 4.78 is 5.67. The van der Waals surface area contributed by atoms with E-state index in [-0.39, 0.29) is 28.9 Å². The Morgan fingerprint density at radius 3 is 2.41 bits per heavy atom. The lowest BCUT2D eigenvalue weighted by molar-refractivity contribution is -0.122. The Labute approximate surface area is 206 Å². The third-order valence-corrected chi connectivity index (χ3v) is 5.32. The van der Waals surface area contributed by atoms with Crippen molar-refractivity contribution in [3.05, 3.63) is 95.0 Å². The molecule has 7 nitrogen and oxygen atoms in total. The van der Waals surface area contributed by atoms with Crippen LogP contribution in [-0.2, 0) is 14.4 Å². The van der Waals surface area contributed by atoms with E-state index in [9.17, 15) is 14.4 Å². The minimum Gasteiger partial charge on any atom is -0.483 e. The molecule has 0 aliphatic carbocycles. The number of benzene rings is 3. The molecule has 0 bridgehead atoms. The van der Waals surface area contributed by atoms with Gasteiger partial charge in [0.2, 0.25) is 0 Å². The van der Waals surface area contributed by atoms with Gasteiger partial charge in [0.15, 0.2) is 11.7 Å². The first-order valence-electron chi connectivity index (χ1n) is 10.2. The van der Waals surface area contributed by atoms with Crippen LogP contribution in [0.25, 0.3) is 6.08 Å². The molecule has 1 saturated heterocycles. The van der Waals surface area contributed by atoms with Crippen molar-refractivity contribution in [1.29, 1.82) is 0 Å². The van der Waals surface area contributed by atoms with Crippen LogP contribution in [0, 0.1) is 0 Å². The standard InChI is InChI=1S/C25H18ClN3O4S/c26-17-11-12-21(33-15-22(30)27-18-7-3-1-4-8-18)16(13-17)14-20-23(31)28-25(34)29(24(20)32)19-9-5-2-6-10-19/h1-14H,15H2,(H,27,30)(H,28,31,34)/b20-14-. The van der Waals surface area contributed by atoms with Gasteiger partial charge in [-0.3, -0.25) is 24.6 Å². The van der Waals surface area contributed by atoms with Crippen LogP contribution >= 0.6 is 23.8 Å². The normalized spacial score (nSPS) is 14.7. The van der Waals surface area contributed by atoms with Gasteiger partial charge >= 0.3 is 0 Å². The zero-order chi connectivity index (χ0) is 24.1. The number of rotatable bonds is 6. The monoisotopic (exact) mass is 491 g/mol. The number of amides is 3. The zero-order valence-electron chi connectivity index (χ0n) is 17.7. The fourth-order valence-electron chi connectivity index (χ4n) is 3.25. The molecule has 4 rings (SSSR count). The number of ether oxygens (including phenoxy) is 1. The maximum Gasteiger partial charge on any atom is 0.270 e. The average Bonchev–Trinajstić information content (AvgIpc) is 2.82. The van der Waals surface area contributed by atoms with Crippen LogP contribution in [0.15, 0.2) is 84.4 Å². The predicted octanol–water partition coefficient (Wildman–Crippen LogP) is 4.19. The molecule has 3 aromatic rings. The topological polar surface area (TPSA) is 87.7 Å². The summed E-state index contributed by atoms with van der Waals surface area (Å²) in [6, 6.07) is 22.4. The number of thiocarbonyl (C=S) groups is 1. The number of anilines is 2. The second-order valence-electron chi connectivity index (χ2n) is 7.18. The van der Waals surface area contributed by atoms with Crippen LogP contribution in [0.1, 0.15) is 5.56 Å². The van der Waals surface area contributed by atoms with Crippen LogP contribution in [0.5, 0.6) is 5.75 Å². The molecule has 0 aromatic heterocycles. The van der Waals surface area contributed by atoms with Crippen LogP contribution in [-0.4, -0.2) is 29.4 Å². The minimum atomic E-state index is -0.644. The summed E-state index contributed by atoms with van der Waals surface area (Å²) in [6.07, 6.45) is 1.37. The number of hydrogen-bond acceptors (Lipinski definition) is 5. The Morgan fingerprint density at radius 1 is 1.03 bits per heavy atom. The van der Waals surface area contributed by atoms with Gasteiger partial charge in [0.1, 0.15) is 11.3 Å². The molecule has 34 heavy (non-hydrogen) atoms. The summed E-state index contributed by atoms with van der Waals surface area (Å²) in [5.74, 6) is -1.32. The Kier molecular flexibility index (Phi) is 7.01.